The summed E-state index contributed by atoms with van der Waals surface area (Å²) >= 11 is 10.1. The second kappa shape index (κ2) is 5.82. The Morgan fingerprint density at radius 2 is 1.44 bits per heavy atom. The first kappa shape index (κ1) is 14.2. The Bertz CT molecular complexity index is 535. The minimum absolute atomic E-state index is 0.377. The molecule has 94 valence electrons. The minimum Gasteiger partial charge on any atom is -0.384 e. The highest BCUT2D eigenvalue weighted by atomic mass is 79.9. The quantitative estimate of drug-likeness (QED) is 0.683. The molecule has 0 fully saturated rings. The van der Waals surface area contributed by atoms with Gasteiger partial charge < -0.3 is 5.11 Å². The van der Waals surface area contributed by atoms with E-state index in [9.17, 15) is 9.50 Å². The number of halogens is 4. The fraction of sp³-hybridized carbons (Fsp3) is 0.0769. The number of rotatable bonds is 2. The number of aliphatic hydroxyl groups is 1. The van der Waals surface area contributed by atoms with Crippen molar-refractivity contribution in [3.8, 4) is 0 Å². The molecule has 0 bridgehead atoms. The molecule has 0 aliphatic carbocycles. The Balaban J connectivity index is 2.50. The standard InChI is InChI=1S/C13H8Br3FO/c14-7-1-3-11(15)9(5-7)13(18)10-6-8(17)2-4-12(10)16/h1-6,13,18H. The van der Waals surface area contributed by atoms with Crippen LogP contribution in [0.2, 0.25) is 0 Å². The van der Waals surface area contributed by atoms with Gasteiger partial charge in [0.05, 0.1) is 0 Å². The number of hydrogen-bond donors (Lipinski definition) is 1. The summed E-state index contributed by atoms with van der Waals surface area (Å²) in [5, 5.41) is 10.4. The maximum Gasteiger partial charge on any atom is 0.123 e. The number of aliphatic hydroxyl groups excluding tert-OH is 1. The Morgan fingerprint density at radius 1 is 0.889 bits per heavy atom. The van der Waals surface area contributed by atoms with Crippen LogP contribution in [0, 0.1) is 5.82 Å². The molecule has 0 aliphatic heterocycles. The smallest absolute Gasteiger partial charge is 0.123 e. The lowest BCUT2D eigenvalue weighted by Gasteiger charge is -2.15. The summed E-state index contributed by atoms with van der Waals surface area (Å²) in [7, 11) is 0. The average molecular weight is 439 g/mol. The van der Waals surface area contributed by atoms with Gasteiger partial charge in [-0.2, -0.15) is 0 Å². The highest BCUT2D eigenvalue weighted by Crippen LogP contribution is 2.34. The van der Waals surface area contributed by atoms with Gasteiger partial charge in [-0.25, -0.2) is 4.39 Å². The van der Waals surface area contributed by atoms with Crippen molar-refractivity contribution in [2.45, 2.75) is 6.10 Å². The molecule has 0 amide bonds. The van der Waals surface area contributed by atoms with Gasteiger partial charge in [0.1, 0.15) is 11.9 Å². The fourth-order valence-electron chi connectivity index (χ4n) is 1.62. The van der Waals surface area contributed by atoms with Crippen LogP contribution in [-0.2, 0) is 0 Å². The van der Waals surface area contributed by atoms with Crippen LogP contribution < -0.4 is 0 Å². The first-order valence-electron chi connectivity index (χ1n) is 5.07. The van der Waals surface area contributed by atoms with Gasteiger partial charge in [0, 0.05) is 24.5 Å². The second-order valence-corrected chi connectivity index (χ2v) is 6.36. The van der Waals surface area contributed by atoms with Crippen molar-refractivity contribution in [3.63, 3.8) is 0 Å². The zero-order valence-electron chi connectivity index (χ0n) is 9.00. The molecule has 0 heterocycles. The van der Waals surface area contributed by atoms with Crippen LogP contribution in [0.25, 0.3) is 0 Å². The highest BCUT2D eigenvalue weighted by molar-refractivity contribution is 9.11. The molecule has 2 aromatic carbocycles. The van der Waals surface area contributed by atoms with E-state index in [2.05, 4.69) is 47.8 Å². The molecule has 5 heteroatoms. The molecular weight excluding hydrogens is 431 g/mol. The molecule has 0 spiro atoms. The molecular formula is C13H8Br3FO. The lowest BCUT2D eigenvalue weighted by molar-refractivity contribution is 0.218. The van der Waals surface area contributed by atoms with E-state index in [0.717, 1.165) is 8.95 Å². The van der Waals surface area contributed by atoms with Crippen LogP contribution in [0.3, 0.4) is 0 Å². The third-order valence-electron chi connectivity index (χ3n) is 2.51. The van der Waals surface area contributed by atoms with Gasteiger partial charge >= 0.3 is 0 Å². The van der Waals surface area contributed by atoms with E-state index in [4.69, 9.17) is 0 Å². The van der Waals surface area contributed by atoms with Crippen LogP contribution in [0.5, 0.6) is 0 Å². The zero-order valence-corrected chi connectivity index (χ0v) is 13.8. The summed E-state index contributed by atoms with van der Waals surface area (Å²) in [5.74, 6) is -0.377. The van der Waals surface area contributed by atoms with Crippen molar-refractivity contribution < 1.29 is 9.50 Å². The van der Waals surface area contributed by atoms with E-state index in [0.29, 0.717) is 15.6 Å². The molecule has 0 radical (unpaired) electrons. The van der Waals surface area contributed by atoms with Crippen LogP contribution in [0.4, 0.5) is 4.39 Å². The predicted octanol–water partition coefficient (Wildman–Crippen LogP) is 5.19. The summed E-state index contributed by atoms with van der Waals surface area (Å²) in [6.45, 7) is 0. The minimum atomic E-state index is -0.901. The van der Waals surface area contributed by atoms with Crippen LogP contribution in [-0.4, -0.2) is 5.11 Å². The first-order chi connectivity index (χ1) is 8.49. The first-order valence-corrected chi connectivity index (χ1v) is 7.45. The molecule has 18 heavy (non-hydrogen) atoms. The molecule has 2 rings (SSSR count). The van der Waals surface area contributed by atoms with E-state index in [-0.39, 0.29) is 5.82 Å². The largest absolute Gasteiger partial charge is 0.384 e. The topological polar surface area (TPSA) is 20.2 Å². The summed E-state index contributed by atoms with van der Waals surface area (Å²) in [6, 6.07) is 9.74. The van der Waals surface area contributed by atoms with Crippen molar-refractivity contribution in [1.82, 2.24) is 0 Å². The second-order valence-electron chi connectivity index (χ2n) is 3.73. The van der Waals surface area contributed by atoms with E-state index >= 15 is 0 Å². The van der Waals surface area contributed by atoms with Crippen molar-refractivity contribution in [2.24, 2.45) is 0 Å². The Morgan fingerprint density at radius 3 is 2.11 bits per heavy atom. The molecule has 1 N–H and O–H groups in total. The molecule has 2 aromatic rings. The third-order valence-corrected chi connectivity index (χ3v) is 4.44. The van der Waals surface area contributed by atoms with Gasteiger partial charge in [-0.1, -0.05) is 47.8 Å². The monoisotopic (exact) mass is 436 g/mol. The van der Waals surface area contributed by atoms with E-state index in [1.165, 1.54) is 12.1 Å². The molecule has 0 aliphatic rings. The van der Waals surface area contributed by atoms with Gasteiger partial charge in [-0.3, -0.25) is 0 Å². The van der Waals surface area contributed by atoms with Crippen molar-refractivity contribution in [3.05, 3.63) is 66.8 Å². The molecule has 1 nitrogen and oxygen atoms in total. The molecule has 1 unspecified atom stereocenters. The molecule has 1 atom stereocenters. The summed E-state index contributed by atoms with van der Waals surface area (Å²) < 4.78 is 15.5. The van der Waals surface area contributed by atoms with Crippen LogP contribution >= 0.6 is 47.8 Å². The third kappa shape index (κ3) is 3.02. The van der Waals surface area contributed by atoms with Crippen molar-refractivity contribution in [1.29, 1.82) is 0 Å². The average Bonchev–Trinajstić information content (AvgIpc) is 2.34. The van der Waals surface area contributed by atoms with Crippen molar-refractivity contribution in [2.75, 3.05) is 0 Å². The number of benzene rings is 2. The lowest BCUT2D eigenvalue weighted by Crippen LogP contribution is -2.02. The Hall–Kier alpha value is -0.230. The molecule has 0 aromatic heterocycles. The Labute approximate surface area is 129 Å². The predicted molar refractivity (Wildman–Crippen MR) is 80.0 cm³/mol. The summed E-state index contributed by atoms with van der Waals surface area (Å²) in [6.07, 6.45) is -0.901. The van der Waals surface area contributed by atoms with Gasteiger partial charge in [-0.15, -0.1) is 0 Å². The molecule has 0 saturated heterocycles. The normalized spacial score (nSPS) is 12.5. The van der Waals surface area contributed by atoms with Gasteiger partial charge in [0.15, 0.2) is 0 Å². The fourth-order valence-corrected chi connectivity index (χ4v) is 2.92. The van der Waals surface area contributed by atoms with Gasteiger partial charge in [0.25, 0.3) is 0 Å². The van der Waals surface area contributed by atoms with Gasteiger partial charge in [-0.05, 0) is 36.4 Å². The lowest BCUT2D eigenvalue weighted by atomic mass is 10.0. The Kier molecular flexibility index (Phi) is 4.59. The molecule has 0 saturated carbocycles. The van der Waals surface area contributed by atoms with E-state index in [1.54, 1.807) is 12.1 Å². The highest BCUT2D eigenvalue weighted by Gasteiger charge is 2.17. The van der Waals surface area contributed by atoms with E-state index in [1.807, 2.05) is 12.1 Å². The summed E-state index contributed by atoms with van der Waals surface area (Å²) in [4.78, 5) is 0. The van der Waals surface area contributed by atoms with Crippen LogP contribution in [0.15, 0.2) is 49.8 Å². The number of hydrogen-bond acceptors (Lipinski definition) is 1. The van der Waals surface area contributed by atoms with Crippen molar-refractivity contribution >= 4 is 47.8 Å². The SMILES string of the molecule is OC(c1cc(F)ccc1Br)c1cc(Br)ccc1Br. The van der Waals surface area contributed by atoms with Crippen LogP contribution in [0.1, 0.15) is 17.2 Å². The summed E-state index contributed by atoms with van der Waals surface area (Å²) in [5.41, 5.74) is 1.17. The maximum atomic E-state index is 13.3. The van der Waals surface area contributed by atoms with E-state index < -0.39 is 6.10 Å². The maximum absolute atomic E-state index is 13.3. The zero-order chi connectivity index (χ0) is 13.3. The van der Waals surface area contributed by atoms with Gasteiger partial charge in [0.2, 0.25) is 0 Å².